The Morgan fingerprint density at radius 1 is 1.06 bits per heavy atom. The van der Waals surface area contributed by atoms with Gasteiger partial charge in [0.2, 0.25) is 0 Å². The van der Waals surface area contributed by atoms with E-state index in [9.17, 15) is 0 Å². The highest BCUT2D eigenvalue weighted by Crippen LogP contribution is 2.36. The molecule has 106 valence electrons. The van der Waals surface area contributed by atoms with Crippen LogP contribution < -0.4 is 5.32 Å². The molecule has 2 fully saturated rings. The molecule has 0 amide bonds. The molecular weight excluding hydrogens is 222 g/mol. The molecule has 1 saturated carbocycles. The van der Waals surface area contributed by atoms with Crippen molar-refractivity contribution in [2.75, 3.05) is 13.2 Å². The third-order valence-corrected chi connectivity index (χ3v) is 4.81. The van der Waals surface area contributed by atoms with Crippen LogP contribution in [0, 0.1) is 0 Å². The highest BCUT2D eigenvalue weighted by atomic mass is 16.5. The maximum absolute atomic E-state index is 6.32. The third kappa shape index (κ3) is 3.71. The molecule has 0 aromatic heterocycles. The van der Waals surface area contributed by atoms with Gasteiger partial charge in [0.1, 0.15) is 0 Å². The molecule has 1 saturated heterocycles. The van der Waals surface area contributed by atoms with Gasteiger partial charge in [-0.2, -0.15) is 0 Å². The Bertz CT molecular complexity index is 221. The van der Waals surface area contributed by atoms with Gasteiger partial charge in [0.05, 0.1) is 12.2 Å². The smallest absolute Gasteiger partial charge is 0.0835 e. The van der Waals surface area contributed by atoms with E-state index in [2.05, 4.69) is 12.2 Å². The van der Waals surface area contributed by atoms with Crippen LogP contribution in [0.4, 0.5) is 0 Å². The van der Waals surface area contributed by atoms with Gasteiger partial charge >= 0.3 is 0 Å². The summed E-state index contributed by atoms with van der Waals surface area (Å²) >= 11 is 0. The lowest BCUT2D eigenvalue weighted by molar-refractivity contribution is -0.113. The molecule has 1 N–H and O–H groups in total. The fourth-order valence-corrected chi connectivity index (χ4v) is 3.73. The summed E-state index contributed by atoms with van der Waals surface area (Å²) in [5.74, 6) is 0. The summed E-state index contributed by atoms with van der Waals surface area (Å²) < 4.78 is 6.32. The van der Waals surface area contributed by atoms with Crippen molar-refractivity contribution in [2.45, 2.75) is 89.2 Å². The molecule has 0 bridgehead atoms. The summed E-state index contributed by atoms with van der Waals surface area (Å²) in [4.78, 5) is 0. The molecular formula is C16H31NO. The van der Waals surface area contributed by atoms with Crippen LogP contribution in [0.1, 0.15) is 77.6 Å². The molecule has 0 aromatic rings. The van der Waals surface area contributed by atoms with Crippen LogP contribution in [0.3, 0.4) is 0 Å². The monoisotopic (exact) mass is 253 g/mol. The summed E-state index contributed by atoms with van der Waals surface area (Å²) in [7, 11) is 0. The van der Waals surface area contributed by atoms with E-state index in [1.54, 1.807) is 0 Å². The highest BCUT2D eigenvalue weighted by Gasteiger charge is 2.40. The van der Waals surface area contributed by atoms with Crippen LogP contribution in [0.15, 0.2) is 0 Å². The lowest BCUT2D eigenvalue weighted by atomic mass is 9.78. The Hall–Kier alpha value is -0.0800. The average Bonchev–Trinajstić information content (AvgIpc) is 2.36. The van der Waals surface area contributed by atoms with E-state index < -0.39 is 0 Å². The lowest BCUT2D eigenvalue weighted by Gasteiger charge is -2.46. The molecule has 18 heavy (non-hydrogen) atoms. The number of hydrogen-bond acceptors (Lipinski definition) is 2. The molecule has 2 heteroatoms. The second kappa shape index (κ2) is 7.49. The van der Waals surface area contributed by atoms with Crippen molar-refractivity contribution in [1.29, 1.82) is 0 Å². The topological polar surface area (TPSA) is 21.3 Å². The van der Waals surface area contributed by atoms with Gasteiger partial charge in [0, 0.05) is 12.6 Å². The zero-order valence-corrected chi connectivity index (χ0v) is 12.2. The molecule has 1 atom stereocenters. The predicted molar refractivity (Wildman–Crippen MR) is 76.9 cm³/mol. The van der Waals surface area contributed by atoms with Crippen LogP contribution in [0.2, 0.25) is 0 Å². The van der Waals surface area contributed by atoms with E-state index in [1.807, 2.05) is 0 Å². The zero-order chi connectivity index (χ0) is 12.7. The van der Waals surface area contributed by atoms with E-state index in [0.29, 0.717) is 6.04 Å². The van der Waals surface area contributed by atoms with E-state index in [4.69, 9.17) is 4.74 Å². The Morgan fingerprint density at radius 2 is 1.78 bits per heavy atom. The molecule has 1 aliphatic heterocycles. The number of morpholine rings is 1. The van der Waals surface area contributed by atoms with E-state index in [-0.39, 0.29) is 5.60 Å². The zero-order valence-electron chi connectivity index (χ0n) is 12.2. The van der Waals surface area contributed by atoms with Gasteiger partial charge in [-0.15, -0.1) is 0 Å². The lowest BCUT2D eigenvalue weighted by Crippen LogP contribution is -2.58. The SMILES string of the molecule is CCCCCC1NCCOC12CCCCCCC2. The summed E-state index contributed by atoms with van der Waals surface area (Å²) in [6.07, 6.45) is 14.9. The number of rotatable bonds is 4. The Morgan fingerprint density at radius 3 is 2.50 bits per heavy atom. The first-order valence-electron chi connectivity index (χ1n) is 8.25. The fraction of sp³-hybridized carbons (Fsp3) is 1.00. The van der Waals surface area contributed by atoms with Crippen LogP contribution >= 0.6 is 0 Å². The summed E-state index contributed by atoms with van der Waals surface area (Å²) in [5.41, 5.74) is 0.187. The molecule has 1 unspecified atom stereocenters. The van der Waals surface area contributed by atoms with Gasteiger partial charge in [-0.25, -0.2) is 0 Å². The van der Waals surface area contributed by atoms with Gasteiger partial charge in [-0.3, -0.25) is 0 Å². The number of nitrogens with one attached hydrogen (secondary N) is 1. The molecule has 2 nitrogen and oxygen atoms in total. The molecule has 0 radical (unpaired) electrons. The minimum absolute atomic E-state index is 0.187. The quantitative estimate of drug-likeness (QED) is 0.764. The molecule has 0 aromatic carbocycles. The van der Waals surface area contributed by atoms with Crippen molar-refractivity contribution in [3.63, 3.8) is 0 Å². The molecule has 2 aliphatic rings. The van der Waals surface area contributed by atoms with Crippen molar-refractivity contribution < 1.29 is 4.74 Å². The van der Waals surface area contributed by atoms with Gasteiger partial charge in [-0.1, -0.05) is 58.3 Å². The molecule has 1 spiro atoms. The standard InChI is InChI=1S/C16H31NO/c1-2-3-7-10-15-16(18-14-13-17-15)11-8-5-4-6-9-12-16/h15,17H,2-14H2,1H3. The number of unbranched alkanes of at least 4 members (excludes halogenated alkanes) is 2. The van der Waals surface area contributed by atoms with Crippen molar-refractivity contribution in [1.82, 2.24) is 5.32 Å². The van der Waals surface area contributed by atoms with Crippen molar-refractivity contribution >= 4 is 0 Å². The first kappa shape index (κ1) is 14.3. The third-order valence-electron chi connectivity index (χ3n) is 4.81. The van der Waals surface area contributed by atoms with Crippen LogP contribution in [-0.2, 0) is 4.74 Å². The predicted octanol–water partition coefficient (Wildman–Crippen LogP) is 4.04. The maximum atomic E-state index is 6.32. The fourth-order valence-electron chi connectivity index (χ4n) is 3.73. The largest absolute Gasteiger partial charge is 0.372 e. The summed E-state index contributed by atoms with van der Waals surface area (Å²) in [6.45, 7) is 4.26. The van der Waals surface area contributed by atoms with Gasteiger partial charge in [0.25, 0.3) is 0 Å². The van der Waals surface area contributed by atoms with Crippen LogP contribution in [0.5, 0.6) is 0 Å². The first-order valence-corrected chi connectivity index (χ1v) is 8.25. The maximum Gasteiger partial charge on any atom is 0.0835 e. The van der Waals surface area contributed by atoms with E-state index in [0.717, 1.165) is 13.2 Å². The number of hydrogen-bond donors (Lipinski definition) is 1. The normalized spacial score (nSPS) is 28.8. The Balaban J connectivity index is 1.94. The van der Waals surface area contributed by atoms with E-state index in [1.165, 1.54) is 70.6 Å². The van der Waals surface area contributed by atoms with Crippen molar-refractivity contribution in [2.24, 2.45) is 0 Å². The van der Waals surface area contributed by atoms with Gasteiger partial charge < -0.3 is 10.1 Å². The number of ether oxygens (including phenoxy) is 1. The Kier molecular flexibility index (Phi) is 5.97. The first-order chi connectivity index (χ1) is 8.87. The minimum atomic E-state index is 0.187. The molecule has 1 aliphatic carbocycles. The summed E-state index contributed by atoms with van der Waals surface area (Å²) in [6, 6.07) is 0.621. The van der Waals surface area contributed by atoms with E-state index >= 15 is 0 Å². The Labute approximate surface area is 113 Å². The minimum Gasteiger partial charge on any atom is -0.372 e. The highest BCUT2D eigenvalue weighted by molar-refractivity contribution is 4.96. The molecule has 2 rings (SSSR count). The average molecular weight is 253 g/mol. The second-order valence-electron chi connectivity index (χ2n) is 6.18. The van der Waals surface area contributed by atoms with Gasteiger partial charge in [0.15, 0.2) is 0 Å². The van der Waals surface area contributed by atoms with Crippen LogP contribution in [-0.4, -0.2) is 24.8 Å². The summed E-state index contributed by atoms with van der Waals surface area (Å²) in [5, 5.41) is 3.76. The van der Waals surface area contributed by atoms with Crippen molar-refractivity contribution in [3.8, 4) is 0 Å². The molecule has 1 heterocycles. The van der Waals surface area contributed by atoms with Crippen LogP contribution in [0.25, 0.3) is 0 Å². The van der Waals surface area contributed by atoms with Crippen molar-refractivity contribution in [3.05, 3.63) is 0 Å². The van der Waals surface area contributed by atoms with Gasteiger partial charge in [-0.05, 0) is 19.3 Å². The second-order valence-corrected chi connectivity index (χ2v) is 6.18.